The van der Waals surface area contributed by atoms with Crippen molar-refractivity contribution in [1.82, 2.24) is 0 Å². The van der Waals surface area contributed by atoms with Gasteiger partial charge < -0.3 is 14.6 Å². The highest BCUT2D eigenvalue weighted by Gasteiger charge is 2.22. The van der Waals surface area contributed by atoms with Crippen LogP contribution in [0.15, 0.2) is 24.3 Å². The molecule has 0 bridgehead atoms. The van der Waals surface area contributed by atoms with Crippen molar-refractivity contribution >= 4 is 5.97 Å². The molecule has 4 heteroatoms. The van der Waals surface area contributed by atoms with Crippen LogP contribution in [0, 0.1) is 0 Å². The predicted octanol–water partition coefficient (Wildman–Crippen LogP) is 2.29. The second-order valence-corrected chi connectivity index (χ2v) is 4.30. The van der Waals surface area contributed by atoms with Gasteiger partial charge in [0.05, 0.1) is 12.7 Å². The van der Waals surface area contributed by atoms with Gasteiger partial charge in [-0.1, -0.05) is 12.1 Å². The molecular formula is C14H20O4. The first-order valence-electron chi connectivity index (χ1n) is 6.13. The third-order valence-electron chi connectivity index (χ3n) is 2.32. The van der Waals surface area contributed by atoms with E-state index in [9.17, 15) is 9.90 Å². The van der Waals surface area contributed by atoms with Crippen LogP contribution in [-0.2, 0) is 20.7 Å². The fraction of sp³-hybridized carbons (Fsp3) is 0.500. The van der Waals surface area contributed by atoms with Crippen LogP contribution in [0.2, 0.25) is 0 Å². The Bertz CT molecular complexity index is 387. The van der Waals surface area contributed by atoms with Crippen LogP contribution in [-0.4, -0.2) is 29.9 Å². The molecule has 0 amide bonds. The molecule has 1 aromatic rings. The third-order valence-corrected chi connectivity index (χ3v) is 2.32. The van der Waals surface area contributed by atoms with Crippen molar-refractivity contribution in [2.45, 2.75) is 39.4 Å². The van der Waals surface area contributed by atoms with E-state index in [0.717, 1.165) is 5.56 Å². The molecule has 0 heterocycles. The minimum absolute atomic E-state index is 0.0586. The summed E-state index contributed by atoms with van der Waals surface area (Å²) < 4.78 is 10.5. The zero-order valence-electron chi connectivity index (χ0n) is 11.1. The Kier molecular flexibility index (Phi) is 5.65. The molecule has 1 unspecified atom stereocenters. The lowest BCUT2D eigenvalue weighted by molar-refractivity contribution is -0.159. The van der Waals surface area contributed by atoms with Crippen LogP contribution in [0.25, 0.3) is 0 Å². The summed E-state index contributed by atoms with van der Waals surface area (Å²) in [6.07, 6.45) is -0.297. The Morgan fingerprint density at radius 3 is 2.67 bits per heavy atom. The number of carbonyl (C=O) groups excluding carboxylic acids is 1. The number of hydrogen-bond donors (Lipinski definition) is 1. The highest BCUT2D eigenvalue weighted by molar-refractivity contribution is 5.75. The fourth-order valence-corrected chi connectivity index (χ4v) is 1.65. The Morgan fingerprint density at radius 1 is 1.39 bits per heavy atom. The average Bonchev–Trinajstić information content (AvgIpc) is 2.28. The van der Waals surface area contributed by atoms with Gasteiger partial charge in [-0.2, -0.15) is 0 Å². The van der Waals surface area contributed by atoms with Crippen molar-refractivity contribution in [3.05, 3.63) is 29.8 Å². The van der Waals surface area contributed by atoms with Crippen molar-refractivity contribution < 1.29 is 19.4 Å². The van der Waals surface area contributed by atoms with Crippen molar-refractivity contribution in [1.29, 1.82) is 0 Å². The zero-order chi connectivity index (χ0) is 13.5. The molecular weight excluding hydrogens is 232 g/mol. The SMILES string of the molecule is CCOC(=O)C(Cc1cccc(O)c1)OC(C)C. The van der Waals surface area contributed by atoms with Crippen LogP contribution in [0.5, 0.6) is 5.75 Å². The van der Waals surface area contributed by atoms with Crippen LogP contribution in [0.3, 0.4) is 0 Å². The number of phenols is 1. The topological polar surface area (TPSA) is 55.8 Å². The number of aromatic hydroxyl groups is 1. The Balaban J connectivity index is 2.74. The number of esters is 1. The smallest absolute Gasteiger partial charge is 0.335 e. The van der Waals surface area contributed by atoms with Crippen molar-refractivity contribution in [2.24, 2.45) is 0 Å². The highest BCUT2D eigenvalue weighted by Crippen LogP contribution is 2.15. The Morgan fingerprint density at radius 2 is 2.11 bits per heavy atom. The van der Waals surface area contributed by atoms with E-state index >= 15 is 0 Å². The number of phenolic OH excluding ortho intramolecular Hbond substituents is 1. The minimum atomic E-state index is -0.633. The zero-order valence-corrected chi connectivity index (χ0v) is 11.1. The maximum atomic E-state index is 11.8. The quantitative estimate of drug-likeness (QED) is 0.789. The first kappa shape index (κ1) is 14.5. The highest BCUT2D eigenvalue weighted by atomic mass is 16.6. The van der Waals surface area contributed by atoms with Gasteiger partial charge in [0, 0.05) is 6.42 Å². The van der Waals surface area contributed by atoms with Crippen LogP contribution in [0.1, 0.15) is 26.3 Å². The van der Waals surface area contributed by atoms with Crippen molar-refractivity contribution in [2.75, 3.05) is 6.61 Å². The second kappa shape index (κ2) is 7.01. The lowest BCUT2D eigenvalue weighted by Crippen LogP contribution is -2.31. The second-order valence-electron chi connectivity index (χ2n) is 4.30. The Labute approximate surface area is 108 Å². The van der Waals surface area contributed by atoms with E-state index in [1.54, 1.807) is 25.1 Å². The van der Waals surface area contributed by atoms with Gasteiger partial charge in [0.15, 0.2) is 6.10 Å². The first-order valence-corrected chi connectivity index (χ1v) is 6.13. The number of carbonyl (C=O) groups is 1. The van der Waals surface area contributed by atoms with E-state index in [2.05, 4.69) is 0 Å². The molecule has 0 fully saturated rings. The lowest BCUT2D eigenvalue weighted by atomic mass is 10.1. The first-order chi connectivity index (χ1) is 8.52. The fourth-order valence-electron chi connectivity index (χ4n) is 1.65. The molecule has 0 saturated carbocycles. The summed E-state index contributed by atoms with van der Waals surface area (Å²) in [5.41, 5.74) is 0.841. The standard InChI is InChI=1S/C14H20O4/c1-4-17-14(16)13(18-10(2)3)9-11-6-5-7-12(15)8-11/h5-8,10,13,15H,4,9H2,1-3H3. The van der Waals surface area contributed by atoms with Crippen molar-refractivity contribution in [3.8, 4) is 5.75 Å². The maximum Gasteiger partial charge on any atom is 0.335 e. The molecule has 1 atom stereocenters. The molecule has 0 aliphatic heterocycles. The molecule has 4 nitrogen and oxygen atoms in total. The van der Waals surface area contributed by atoms with Gasteiger partial charge in [-0.3, -0.25) is 0 Å². The summed E-state index contributed by atoms with van der Waals surface area (Å²) in [5.74, 6) is -0.186. The number of benzene rings is 1. The molecule has 0 aliphatic carbocycles. The molecule has 0 aromatic heterocycles. The molecule has 18 heavy (non-hydrogen) atoms. The van der Waals surface area contributed by atoms with Crippen LogP contribution in [0.4, 0.5) is 0 Å². The summed E-state index contributed by atoms with van der Waals surface area (Å²) in [4.78, 5) is 11.8. The Hall–Kier alpha value is -1.55. The lowest BCUT2D eigenvalue weighted by Gasteiger charge is -2.19. The van der Waals surface area contributed by atoms with Crippen LogP contribution >= 0.6 is 0 Å². The summed E-state index contributed by atoms with van der Waals surface area (Å²) in [6, 6.07) is 6.79. The van der Waals surface area contributed by atoms with E-state index in [1.807, 2.05) is 19.9 Å². The van der Waals surface area contributed by atoms with E-state index < -0.39 is 6.10 Å². The normalized spacial score (nSPS) is 12.4. The van der Waals surface area contributed by atoms with Gasteiger partial charge >= 0.3 is 5.97 Å². The molecule has 0 radical (unpaired) electrons. The largest absolute Gasteiger partial charge is 0.508 e. The van der Waals surface area contributed by atoms with Crippen LogP contribution < -0.4 is 0 Å². The van der Waals surface area contributed by atoms with Gasteiger partial charge in [-0.25, -0.2) is 4.79 Å². The van der Waals surface area contributed by atoms with Gasteiger partial charge in [0.25, 0.3) is 0 Å². The summed E-state index contributed by atoms with van der Waals surface area (Å²) >= 11 is 0. The van der Waals surface area contributed by atoms with E-state index in [-0.39, 0.29) is 17.8 Å². The maximum absolute atomic E-state index is 11.8. The molecule has 1 rings (SSSR count). The van der Waals surface area contributed by atoms with Gasteiger partial charge in [0.1, 0.15) is 5.75 Å². The number of rotatable bonds is 6. The van der Waals surface area contributed by atoms with E-state index in [1.165, 1.54) is 0 Å². The third kappa shape index (κ3) is 4.75. The number of ether oxygens (including phenoxy) is 2. The van der Waals surface area contributed by atoms with E-state index in [0.29, 0.717) is 13.0 Å². The predicted molar refractivity (Wildman–Crippen MR) is 68.5 cm³/mol. The monoisotopic (exact) mass is 252 g/mol. The molecule has 0 spiro atoms. The molecule has 100 valence electrons. The number of hydrogen-bond acceptors (Lipinski definition) is 4. The minimum Gasteiger partial charge on any atom is -0.508 e. The summed E-state index contributed by atoms with van der Waals surface area (Å²) in [6.45, 7) is 5.83. The molecule has 1 aromatic carbocycles. The van der Waals surface area contributed by atoms with Gasteiger partial charge in [-0.05, 0) is 38.5 Å². The molecule has 1 N–H and O–H groups in total. The van der Waals surface area contributed by atoms with Gasteiger partial charge in [0.2, 0.25) is 0 Å². The summed E-state index contributed by atoms with van der Waals surface area (Å²) in [7, 11) is 0. The van der Waals surface area contributed by atoms with Crippen molar-refractivity contribution in [3.63, 3.8) is 0 Å². The van der Waals surface area contributed by atoms with Gasteiger partial charge in [-0.15, -0.1) is 0 Å². The summed E-state index contributed by atoms with van der Waals surface area (Å²) in [5, 5.41) is 9.39. The van der Waals surface area contributed by atoms with E-state index in [4.69, 9.17) is 9.47 Å². The molecule has 0 aliphatic rings. The molecule has 0 saturated heterocycles. The average molecular weight is 252 g/mol.